The number of nitrogens with one attached hydrogen (secondary N) is 1. The Hall–Kier alpha value is -2.70. The Balaban J connectivity index is 4.68. The maximum absolute atomic E-state index is 13.2. The number of allylic oxidation sites excluding steroid dienone is 12. The molecule has 364 valence electrons. The van der Waals surface area contributed by atoms with Crippen LogP contribution in [0.2, 0.25) is 0 Å². The van der Waals surface area contributed by atoms with Crippen LogP contribution in [0.1, 0.15) is 252 Å². The van der Waals surface area contributed by atoms with Crippen LogP contribution in [0.5, 0.6) is 0 Å². The van der Waals surface area contributed by atoms with Crippen molar-refractivity contribution in [3.63, 3.8) is 0 Å². The summed E-state index contributed by atoms with van der Waals surface area (Å²) >= 11 is 0. The predicted molar refractivity (Wildman–Crippen MR) is 273 cm³/mol. The Morgan fingerprint density at radius 2 is 0.857 bits per heavy atom. The van der Waals surface area contributed by atoms with Gasteiger partial charge >= 0.3 is 5.97 Å². The maximum Gasteiger partial charge on any atom is 0.306 e. The van der Waals surface area contributed by atoms with Crippen molar-refractivity contribution in [3.8, 4) is 0 Å². The zero-order valence-electron chi connectivity index (χ0n) is 41.4. The molecule has 0 aliphatic carbocycles. The van der Waals surface area contributed by atoms with E-state index in [9.17, 15) is 19.8 Å². The molecule has 0 saturated carbocycles. The normalized spacial score (nSPS) is 13.8. The van der Waals surface area contributed by atoms with Crippen molar-refractivity contribution >= 4 is 11.9 Å². The molecule has 63 heavy (non-hydrogen) atoms. The number of unbranched alkanes of at least 4 members (excludes halogenated alkanes) is 27. The van der Waals surface area contributed by atoms with Gasteiger partial charge < -0.3 is 20.3 Å². The van der Waals surface area contributed by atoms with Crippen molar-refractivity contribution in [1.82, 2.24) is 5.32 Å². The van der Waals surface area contributed by atoms with E-state index in [0.717, 1.165) is 83.5 Å². The van der Waals surface area contributed by atoms with Crippen LogP contribution in [-0.2, 0) is 14.3 Å². The summed E-state index contributed by atoms with van der Waals surface area (Å²) in [5.74, 6) is -0.534. The molecular weight excluding hydrogens is 779 g/mol. The molecule has 1 amide bonds. The highest BCUT2D eigenvalue weighted by Gasteiger charge is 2.24. The van der Waals surface area contributed by atoms with Crippen molar-refractivity contribution in [1.29, 1.82) is 0 Å². The summed E-state index contributed by atoms with van der Waals surface area (Å²) in [6.45, 7) is 6.38. The van der Waals surface area contributed by atoms with E-state index >= 15 is 0 Å². The van der Waals surface area contributed by atoms with E-state index in [0.29, 0.717) is 19.3 Å². The Morgan fingerprint density at radius 1 is 0.460 bits per heavy atom. The van der Waals surface area contributed by atoms with Crippen LogP contribution in [0.4, 0.5) is 0 Å². The highest BCUT2D eigenvalue weighted by molar-refractivity contribution is 5.77. The van der Waals surface area contributed by atoms with Crippen LogP contribution in [0.15, 0.2) is 72.9 Å². The summed E-state index contributed by atoms with van der Waals surface area (Å²) < 4.78 is 5.91. The van der Waals surface area contributed by atoms with Crippen LogP contribution < -0.4 is 5.32 Å². The first-order chi connectivity index (χ1) is 31.0. The van der Waals surface area contributed by atoms with Crippen molar-refractivity contribution in [2.24, 2.45) is 0 Å². The maximum atomic E-state index is 13.2. The summed E-state index contributed by atoms with van der Waals surface area (Å²) in [5.41, 5.74) is 0. The van der Waals surface area contributed by atoms with E-state index in [1.165, 1.54) is 122 Å². The lowest BCUT2D eigenvalue weighted by Crippen LogP contribution is -2.46. The Morgan fingerprint density at radius 3 is 1.35 bits per heavy atom. The minimum absolute atomic E-state index is 0.0414. The van der Waals surface area contributed by atoms with Gasteiger partial charge in [-0.15, -0.1) is 0 Å². The molecule has 0 heterocycles. The lowest BCUT2D eigenvalue weighted by molar-refractivity contribution is -0.151. The summed E-state index contributed by atoms with van der Waals surface area (Å²) in [7, 11) is 0. The van der Waals surface area contributed by atoms with E-state index in [1.54, 1.807) is 0 Å². The number of carbonyl (C=O) groups is 2. The molecule has 6 heteroatoms. The molecule has 0 aromatic carbocycles. The third-order valence-electron chi connectivity index (χ3n) is 11.9. The number of amides is 1. The summed E-state index contributed by atoms with van der Waals surface area (Å²) in [6.07, 6.45) is 63.8. The van der Waals surface area contributed by atoms with Crippen LogP contribution in [-0.4, -0.2) is 46.9 Å². The first-order valence-corrected chi connectivity index (χ1v) is 26.7. The van der Waals surface area contributed by atoms with Gasteiger partial charge in [0.25, 0.3) is 0 Å². The van der Waals surface area contributed by atoms with Gasteiger partial charge in [-0.2, -0.15) is 0 Å². The average molecular weight is 880 g/mol. The van der Waals surface area contributed by atoms with Gasteiger partial charge in [0.1, 0.15) is 6.10 Å². The standard InChI is InChI=1S/C57H101NO5/c1-4-7-10-13-16-19-22-25-27-29-31-33-36-39-42-45-48-53(63-57(62)50-47-44-41-38-35-30-24-21-18-15-12-9-6-3)51-56(61)58-54(52-59)55(60)49-46-43-40-37-34-32-28-26-23-20-17-14-11-8-5-2/h10,13,16,19,22,25,27,29-31,33,35,53-55,59-60H,4-9,11-12,14-15,17-18,20-21,23-24,26,28,32,34,36-52H2,1-3H3,(H,58,61)/b13-10+,19-16+,25-22+,29-27+,33-31+,35-30-. The van der Waals surface area contributed by atoms with Gasteiger partial charge in [-0.25, -0.2) is 0 Å². The zero-order chi connectivity index (χ0) is 45.9. The Labute approximate surface area is 390 Å². The fraction of sp³-hybridized carbons (Fsp3) is 0.754. The fourth-order valence-corrected chi connectivity index (χ4v) is 7.81. The number of aliphatic hydroxyl groups is 2. The Bertz CT molecular complexity index is 1170. The molecule has 0 bridgehead atoms. The van der Waals surface area contributed by atoms with Crippen molar-refractivity contribution in [2.45, 2.75) is 270 Å². The van der Waals surface area contributed by atoms with Gasteiger partial charge in [0.05, 0.1) is 25.2 Å². The fourth-order valence-electron chi connectivity index (χ4n) is 7.81. The minimum Gasteiger partial charge on any atom is -0.462 e. The average Bonchev–Trinajstić information content (AvgIpc) is 3.28. The molecule has 3 atom stereocenters. The first-order valence-electron chi connectivity index (χ1n) is 26.7. The molecule has 0 aromatic heterocycles. The predicted octanol–water partition coefficient (Wildman–Crippen LogP) is 16.2. The van der Waals surface area contributed by atoms with Gasteiger partial charge in [-0.1, -0.05) is 241 Å². The topological polar surface area (TPSA) is 95.9 Å². The van der Waals surface area contributed by atoms with Crippen LogP contribution >= 0.6 is 0 Å². The Kier molecular flexibility index (Phi) is 48.1. The molecule has 0 radical (unpaired) electrons. The molecular formula is C57H101NO5. The molecule has 0 aliphatic heterocycles. The highest BCUT2D eigenvalue weighted by atomic mass is 16.5. The van der Waals surface area contributed by atoms with Gasteiger partial charge in [0, 0.05) is 6.42 Å². The lowest BCUT2D eigenvalue weighted by Gasteiger charge is -2.24. The van der Waals surface area contributed by atoms with Gasteiger partial charge in [-0.05, 0) is 70.6 Å². The largest absolute Gasteiger partial charge is 0.462 e. The van der Waals surface area contributed by atoms with Crippen molar-refractivity contribution in [2.75, 3.05) is 6.61 Å². The van der Waals surface area contributed by atoms with Gasteiger partial charge in [-0.3, -0.25) is 9.59 Å². The van der Waals surface area contributed by atoms with Crippen molar-refractivity contribution < 1.29 is 24.5 Å². The molecule has 0 spiro atoms. The molecule has 0 aromatic rings. The van der Waals surface area contributed by atoms with E-state index in [4.69, 9.17) is 4.74 Å². The monoisotopic (exact) mass is 880 g/mol. The smallest absolute Gasteiger partial charge is 0.306 e. The van der Waals surface area contributed by atoms with E-state index in [2.05, 4.69) is 62.5 Å². The van der Waals surface area contributed by atoms with Crippen LogP contribution in [0, 0.1) is 0 Å². The molecule has 0 fully saturated rings. The first kappa shape index (κ1) is 60.3. The lowest BCUT2D eigenvalue weighted by atomic mass is 10.0. The van der Waals surface area contributed by atoms with Crippen LogP contribution in [0.25, 0.3) is 0 Å². The number of ether oxygens (including phenoxy) is 1. The number of hydrogen-bond acceptors (Lipinski definition) is 5. The molecule has 3 N–H and O–H groups in total. The molecule has 3 unspecified atom stereocenters. The third-order valence-corrected chi connectivity index (χ3v) is 11.9. The molecule has 0 rings (SSSR count). The number of rotatable bonds is 47. The zero-order valence-corrected chi connectivity index (χ0v) is 41.4. The second-order valence-electron chi connectivity index (χ2n) is 18.0. The van der Waals surface area contributed by atoms with Crippen LogP contribution in [0.3, 0.4) is 0 Å². The molecule has 0 aliphatic rings. The summed E-state index contributed by atoms with van der Waals surface area (Å²) in [4.78, 5) is 26.2. The van der Waals surface area contributed by atoms with Gasteiger partial charge in [0.15, 0.2) is 0 Å². The SMILES string of the molecule is CCC/C=C/C=C/C=C/C=C/C=C/CCCCCC(CC(=O)NC(CO)C(O)CCCCCCCCCCCCCCCCC)OC(=O)CCCCC/C=C\CCCCCCCC. The number of aliphatic hydroxyl groups excluding tert-OH is 2. The number of esters is 1. The number of carbonyl (C=O) groups excluding carboxylic acids is 2. The summed E-state index contributed by atoms with van der Waals surface area (Å²) in [6, 6.07) is -0.721. The highest BCUT2D eigenvalue weighted by Crippen LogP contribution is 2.17. The molecule has 0 saturated heterocycles. The third kappa shape index (κ3) is 45.7. The number of hydrogen-bond donors (Lipinski definition) is 3. The van der Waals surface area contributed by atoms with E-state index in [1.807, 2.05) is 36.5 Å². The van der Waals surface area contributed by atoms with Gasteiger partial charge in [0.2, 0.25) is 5.91 Å². The quantitative estimate of drug-likeness (QED) is 0.0245. The van der Waals surface area contributed by atoms with E-state index in [-0.39, 0.29) is 24.9 Å². The minimum atomic E-state index is -0.805. The van der Waals surface area contributed by atoms with Crippen molar-refractivity contribution in [3.05, 3.63) is 72.9 Å². The second-order valence-corrected chi connectivity index (χ2v) is 18.0. The summed E-state index contributed by atoms with van der Waals surface area (Å²) in [5, 5.41) is 23.8. The van der Waals surface area contributed by atoms with E-state index < -0.39 is 18.2 Å². The molecule has 6 nitrogen and oxygen atoms in total. The second kappa shape index (κ2) is 50.3.